The molecule has 1 aliphatic rings. The summed E-state index contributed by atoms with van der Waals surface area (Å²) in [4.78, 5) is 11.6. The number of methoxy groups -OCH3 is 1. The summed E-state index contributed by atoms with van der Waals surface area (Å²) >= 11 is 0. The zero-order chi connectivity index (χ0) is 14.8. The first-order chi connectivity index (χ1) is 10.2. The van der Waals surface area contributed by atoms with Gasteiger partial charge in [-0.1, -0.05) is 12.1 Å². The lowest BCUT2D eigenvalue weighted by Crippen LogP contribution is -2.32. The molecule has 1 aliphatic heterocycles. The van der Waals surface area contributed by atoms with Crippen LogP contribution in [0.25, 0.3) is 11.0 Å². The first kappa shape index (κ1) is 14.4. The van der Waals surface area contributed by atoms with Crippen molar-refractivity contribution in [1.29, 1.82) is 0 Å². The van der Waals surface area contributed by atoms with Crippen LogP contribution < -0.4 is 0 Å². The Hall–Kier alpha value is -1.56. The quantitative estimate of drug-likeness (QED) is 0.924. The minimum absolute atomic E-state index is 0.141. The minimum atomic E-state index is 0.141. The highest BCUT2D eigenvalue weighted by Crippen LogP contribution is 2.23. The Kier molecular flexibility index (Phi) is 4.14. The van der Waals surface area contributed by atoms with Gasteiger partial charge in [-0.2, -0.15) is 0 Å². The average molecular weight is 287 g/mol. The molecule has 1 aromatic carbocycles. The van der Waals surface area contributed by atoms with Gasteiger partial charge in [-0.3, -0.25) is 4.90 Å². The van der Waals surface area contributed by atoms with Crippen LogP contribution in [0.1, 0.15) is 17.8 Å². The summed E-state index contributed by atoms with van der Waals surface area (Å²) in [7, 11) is 1.73. The van der Waals surface area contributed by atoms with Crippen LogP contribution in [0.2, 0.25) is 0 Å². The predicted molar refractivity (Wildman–Crippen MR) is 81.0 cm³/mol. The van der Waals surface area contributed by atoms with Gasteiger partial charge in [0.2, 0.25) is 0 Å². The van der Waals surface area contributed by atoms with E-state index in [0.717, 1.165) is 35.4 Å². The van der Waals surface area contributed by atoms with E-state index in [1.54, 1.807) is 7.11 Å². The molecule has 112 valence electrons. The van der Waals surface area contributed by atoms with E-state index < -0.39 is 0 Å². The fraction of sp³-hybridized carbons (Fsp3) is 0.500. The molecule has 0 bridgehead atoms. The lowest BCUT2D eigenvalue weighted by atomic mass is 10.2. The number of aryl methyl sites for hydroxylation is 1. The van der Waals surface area contributed by atoms with Crippen LogP contribution in [-0.2, 0) is 11.3 Å². The van der Waals surface area contributed by atoms with Crippen LogP contribution in [-0.4, -0.2) is 52.4 Å². The highest BCUT2D eigenvalue weighted by molar-refractivity contribution is 5.74. The van der Waals surface area contributed by atoms with E-state index in [0.29, 0.717) is 6.54 Å². The van der Waals surface area contributed by atoms with Crippen molar-refractivity contribution >= 4 is 11.0 Å². The third-order valence-corrected chi connectivity index (χ3v) is 4.23. The van der Waals surface area contributed by atoms with Crippen molar-refractivity contribution in [2.24, 2.45) is 0 Å². The van der Waals surface area contributed by atoms with Crippen molar-refractivity contribution < 1.29 is 9.84 Å². The molecule has 2 heterocycles. The zero-order valence-corrected chi connectivity index (χ0v) is 12.5. The van der Waals surface area contributed by atoms with E-state index in [-0.39, 0.29) is 18.8 Å². The predicted octanol–water partition coefficient (Wildman–Crippen LogP) is 1.52. The molecule has 1 fully saturated rings. The number of hydrogen-bond donors (Lipinski definition) is 1. The normalized spacial score (nSPS) is 23.0. The van der Waals surface area contributed by atoms with E-state index in [9.17, 15) is 5.11 Å². The molecule has 0 radical (unpaired) electrons. The van der Waals surface area contributed by atoms with E-state index in [4.69, 9.17) is 9.72 Å². The van der Waals surface area contributed by atoms with Crippen LogP contribution in [0.3, 0.4) is 0 Å². The van der Waals surface area contributed by atoms with Gasteiger partial charge in [-0.25, -0.2) is 9.97 Å². The molecule has 0 amide bonds. The number of aliphatic hydroxyl groups is 1. The number of ether oxygens (including phenoxy) is 1. The highest BCUT2D eigenvalue weighted by Gasteiger charge is 2.32. The average Bonchev–Trinajstić information content (AvgIpc) is 2.90. The Morgan fingerprint density at radius 2 is 2.00 bits per heavy atom. The first-order valence-electron chi connectivity index (χ1n) is 7.31. The Morgan fingerprint density at radius 3 is 2.67 bits per heavy atom. The molecule has 2 atom stereocenters. The summed E-state index contributed by atoms with van der Waals surface area (Å²) in [5.74, 6) is 0. The molecule has 1 saturated heterocycles. The van der Waals surface area contributed by atoms with Gasteiger partial charge < -0.3 is 9.84 Å². The zero-order valence-electron chi connectivity index (χ0n) is 12.5. The topological polar surface area (TPSA) is 58.5 Å². The van der Waals surface area contributed by atoms with Crippen molar-refractivity contribution in [3.05, 3.63) is 35.7 Å². The number of aromatic nitrogens is 2. The maximum absolute atomic E-state index is 9.54. The molecule has 1 aromatic heterocycles. The first-order valence-corrected chi connectivity index (χ1v) is 7.31. The molecule has 0 aliphatic carbocycles. The Bertz CT molecular complexity index is 632. The molecular formula is C16H21N3O2. The van der Waals surface area contributed by atoms with Gasteiger partial charge in [-0.15, -0.1) is 0 Å². The van der Waals surface area contributed by atoms with E-state index >= 15 is 0 Å². The van der Waals surface area contributed by atoms with Gasteiger partial charge in [0.05, 0.1) is 35.1 Å². The molecule has 0 saturated carbocycles. The summed E-state index contributed by atoms with van der Waals surface area (Å²) in [5, 5.41) is 9.54. The van der Waals surface area contributed by atoms with Gasteiger partial charge in [0, 0.05) is 26.2 Å². The minimum Gasteiger partial charge on any atom is -0.395 e. The van der Waals surface area contributed by atoms with E-state index in [1.807, 2.05) is 31.2 Å². The number of hydrogen-bond acceptors (Lipinski definition) is 5. The molecule has 2 aromatic rings. The molecule has 5 heteroatoms. The number of likely N-dealkylation sites (tertiary alicyclic amines) is 1. The lowest BCUT2D eigenvalue weighted by Gasteiger charge is -2.22. The number of aliphatic hydroxyl groups excluding tert-OH is 1. The molecule has 0 spiro atoms. The number of fused-ring (bicyclic) bond motifs is 1. The van der Waals surface area contributed by atoms with Crippen molar-refractivity contribution in [3.63, 3.8) is 0 Å². The van der Waals surface area contributed by atoms with Crippen LogP contribution in [0, 0.1) is 6.92 Å². The largest absolute Gasteiger partial charge is 0.395 e. The van der Waals surface area contributed by atoms with Crippen LogP contribution in [0.4, 0.5) is 0 Å². The van der Waals surface area contributed by atoms with Gasteiger partial charge in [0.1, 0.15) is 0 Å². The summed E-state index contributed by atoms with van der Waals surface area (Å²) in [6.45, 7) is 3.68. The van der Waals surface area contributed by atoms with Gasteiger partial charge in [0.25, 0.3) is 0 Å². The maximum Gasteiger partial charge on any atom is 0.0890 e. The van der Waals surface area contributed by atoms with Gasteiger partial charge >= 0.3 is 0 Å². The Morgan fingerprint density at radius 1 is 1.29 bits per heavy atom. The molecular weight excluding hydrogens is 266 g/mol. The van der Waals surface area contributed by atoms with Crippen molar-refractivity contribution in [1.82, 2.24) is 14.9 Å². The van der Waals surface area contributed by atoms with Crippen molar-refractivity contribution in [2.75, 3.05) is 20.3 Å². The summed E-state index contributed by atoms with van der Waals surface area (Å²) < 4.78 is 5.42. The standard InChI is InChI=1S/C16H21N3O2/c1-11-16(18-15-6-4-3-5-14(15)17-11)9-19-8-13(21-2)7-12(19)10-20/h3-6,12-13,20H,7-10H2,1-2H3/t12-,13+/m0/s1. The van der Waals surface area contributed by atoms with Crippen molar-refractivity contribution in [2.45, 2.75) is 32.0 Å². The van der Waals surface area contributed by atoms with Crippen LogP contribution >= 0.6 is 0 Å². The molecule has 3 rings (SSSR count). The summed E-state index contributed by atoms with van der Waals surface area (Å²) in [6.07, 6.45) is 1.06. The molecule has 21 heavy (non-hydrogen) atoms. The molecule has 1 N–H and O–H groups in total. The van der Waals surface area contributed by atoms with Gasteiger partial charge in [-0.05, 0) is 25.5 Å². The highest BCUT2D eigenvalue weighted by atomic mass is 16.5. The molecule has 0 unspecified atom stereocenters. The third kappa shape index (κ3) is 2.90. The summed E-state index contributed by atoms with van der Waals surface area (Å²) in [6, 6.07) is 8.05. The number of benzene rings is 1. The second kappa shape index (κ2) is 6.05. The van der Waals surface area contributed by atoms with E-state index in [1.165, 1.54) is 0 Å². The fourth-order valence-electron chi connectivity index (χ4n) is 2.96. The monoisotopic (exact) mass is 287 g/mol. The van der Waals surface area contributed by atoms with Crippen LogP contribution in [0.15, 0.2) is 24.3 Å². The number of nitrogens with zero attached hydrogens (tertiary/aromatic N) is 3. The number of rotatable bonds is 4. The SMILES string of the molecule is CO[C@@H]1C[C@@H](CO)N(Cc2nc3ccccc3nc2C)C1. The lowest BCUT2D eigenvalue weighted by molar-refractivity contribution is 0.107. The smallest absolute Gasteiger partial charge is 0.0890 e. The second-order valence-corrected chi connectivity index (χ2v) is 5.60. The fourth-order valence-corrected chi connectivity index (χ4v) is 2.96. The van der Waals surface area contributed by atoms with E-state index in [2.05, 4.69) is 9.88 Å². The Balaban J connectivity index is 1.85. The van der Waals surface area contributed by atoms with Crippen molar-refractivity contribution in [3.8, 4) is 0 Å². The molecule has 5 nitrogen and oxygen atoms in total. The van der Waals surface area contributed by atoms with Crippen LogP contribution in [0.5, 0.6) is 0 Å². The number of para-hydroxylation sites is 2. The third-order valence-electron chi connectivity index (χ3n) is 4.23. The summed E-state index contributed by atoms with van der Waals surface area (Å²) in [5.41, 5.74) is 3.77. The second-order valence-electron chi connectivity index (χ2n) is 5.60. The maximum atomic E-state index is 9.54. The van der Waals surface area contributed by atoms with Gasteiger partial charge in [0.15, 0.2) is 0 Å². The Labute approximate surface area is 124 Å².